The first-order valence-corrected chi connectivity index (χ1v) is 12.9. The summed E-state index contributed by atoms with van der Waals surface area (Å²) >= 11 is 9.15. The first-order chi connectivity index (χ1) is 13.4. The molecule has 4 rings (SSSR count). The summed E-state index contributed by atoms with van der Waals surface area (Å²) in [7, 11) is -3.44. The molecule has 1 atom stereocenters. The summed E-state index contributed by atoms with van der Waals surface area (Å²) in [5.74, 6) is 0.805. The van der Waals surface area contributed by atoms with Crippen LogP contribution in [-0.2, 0) is 14.8 Å². The van der Waals surface area contributed by atoms with E-state index < -0.39 is 10.0 Å². The van der Waals surface area contributed by atoms with E-state index in [0.717, 1.165) is 22.6 Å². The van der Waals surface area contributed by atoms with Gasteiger partial charge in [-0.25, -0.2) is 8.42 Å². The molecule has 0 saturated carbocycles. The van der Waals surface area contributed by atoms with Crippen LogP contribution >= 0.6 is 34.7 Å². The van der Waals surface area contributed by atoms with Crippen molar-refractivity contribution in [2.24, 2.45) is 5.92 Å². The minimum Gasteiger partial charge on any atom is -0.349 e. The van der Waals surface area contributed by atoms with Gasteiger partial charge in [0.2, 0.25) is 5.91 Å². The summed E-state index contributed by atoms with van der Waals surface area (Å²) in [4.78, 5) is 14.0. The van der Waals surface area contributed by atoms with Gasteiger partial charge < -0.3 is 5.32 Å². The summed E-state index contributed by atoms with van der Waals surface area (Å²) in [5.41, 5.74) is 1.08. The first kappa shape index (κ1) is 20.2. The molecular weight excluding hydrogens is 436 g/mol. The van der Waals surface area contributed by atoms with Crippen molar-refractivity contribution >= 4 is 50.6 Å². The van der Waals surface area contributed by atoms with E-state index >= 15 is 0 Å². The van der Waals surface area contributed by atoms with Gasteiger partial charge in [0.15, 0.2) is 0 Å². The summed E-state index contributed by atoms with van der Waals surface area (Å²) in [5, 5.41) is 5.61. The fraction of sp³-hybridized carbons (Fsp3) is 0.421. The molecule has 1 saturated heterocycles. The highest BCUT2D eigenvalue weighted by Crippen LogP contribution is 2.38. The Morgan fingerprint density at radius 1 is 1.18 bits per heavy atom. The standard InChI is InChI=1S/C19H21ClN2O3S3/c20-14-3-4-17-15(12-14)16(7-11-26-17)21-19(23)13-5-8-22(9-6-13)28(24,25)18-2-1-10-27-18/h1-4,10,12-13,16H,5-9,11H2,(H,21,23)/t16-/m1/s1. The van der Waals surface area contributed by atoms with Crippen LogP contribution < -0.4 is 5.32 Å². The van der Waals surface area contributed by atoms with Crippen LogP contribution in [0.4, 0.5) is 0 Å². The number of thiophene rings is 1. The third kappa shape index (κ3) is 4.11. The fourth-order valence-corrected chi connectivity index (χ4v) is 7.60. The SMILES string of the molecule is O=C(N[C@@H]1CCSc2ccc(Cl)cc21)C1CCN(S(=O)(=O)c2cccs2)CC1. The van der Waals surface area contributed by atoms with Crippen molar-refractivity contribution in [3.63, 3.8) is 0 Å². The number of benzene rings is 1. The number of amides is 1. The fourth-order valence-electron chi connectivity index (χ4n) is 3.70. The highest BCUT2D eigenvalue weighted by Gasteiger charge is 2.33. The van der Waals surface area contributed by atoms with E-state index in [2.05, 4.69) is 5.32 Å². The number of nitrogens with one attached hydrogen (secondary N) is 1. The average Bonchev–Trinajstić information content (AvgIpc) is 3.24. The quantitative estimate of drug-likeness (QED) is 0.750. The zero-order chi connectivity index (χ0) is 19.7. The topological polar surface area (TPSA) is 66.5 Å². The van der Waals surface area contributed by atoms with Crippen LogP contribution in [0, 0.1) is 5.92 Å². The number of piperidine rings is 1. The van der Waals surface area contributed by atoms with Crippen molar-refractivity contribution in [2.45, 2.75) is 34.4 Å². The van der Waals surface area contributed by atoms with Crippen LogP contribution in [0.25, 0.3) is 0 Å². The van der Waals surface area contributed by atoms with Crippen LogP contribution in [0.5, 0.6) is 0 Å². The van der Waals surface area contributed by atoms with Crippen molar-refractivity contribution in [3.05, 3.63) is 46.3 Å². The van der Waals surface area contributed by atoms with Gasteiger partial charge in [-0.2, -0.15) is 4.31 Å². The zero-order valence-electron chi connectivity index (χ0n) is 15.1. The van der Waals surface area contributed by atoms with Gasteiger partial charge in [-0.3, -0.25) is 4.79 Å². The molecule has 1 amide bonds. The van der Waals surface area contributed by atoms with Gasteiger partial charge in [0, 0.05) is 34.7 Å². The number of sulfonamides is 1. The Labute approximate surface area is 178 Å². The zero-order valence-corrected chi connectivity index (χ0v) is 18.3. The number of hydrogen-bond acceptors (Lipinski definition) is 5. The molecule has 28 heavy (non-hydrogen) atoms. The monoisotopic (exact) mass is 456 g/mol. The number of hydrogen-bond donors (Lipinski definition) is 1. The Kier molecular flexibility index (Phi) is 6.04. The first-order valence-electron chi connectivity index (χ1n) is 9.21. The lowest BCUT2D eigenvalue weighted by Crippen LogP contribution is -2.43. The molecule has 1 N–H and O–H groups in total. The van der Waals surface area contributed by atoms with Gasteiger partial charge in [0.1, 0.15) is 4.21 Å². The molecule has 2 aliphatic heterocycles. The maximum atomic E-state index is 12.8. The second kappa shape index (κ2) is 8.36. The molecule has 2 aromatic rings. The Morgan fingerprint density at radius 3 is 2.68 bits per heavy atom. The van der Waals surface area contributed by atoms with Crippen LogP contribution in [-0.4, -0.2) is 37.5 Å². The number of rotatable bonds is 4. The molecule has 0 spiro atoms. The van der Waals surface area contributed by atoms with Gasteiger partial charge >= 0.3 is 0 Å². The third-order valence-electron chi connectivity index (χ3n) is 5.24. The summed E-state index contributed by atoms with van der Waals surface area (Å²) in [6.45, 7) is 0.752. The van der Waals surface area contributed by atoms with Crippen molar-refractivity contribution in [1.82, 2.24) is 9.62 Å². The van der Waals surface area contributed by atoms with Crippen LogP contribution in [0.1, 0.15) is 30.9 Å². The molecule has 150 valence electrons. The van der Waals surface area contributed by atoms with E-state index in [4.69, 9.17) is 11.6 Å². The van der Waals surface area contributed by atoms with Crippen molar-refractivity contribution in [1.29, 1.82) is 0 Å². The minimum absolute atomic E-state index is 0.0102. The molecule has 1 fully saturated rings. The average molecular weight is 457 g/mol. The number of carbonyl (C=O) groups is 1. The van der Waals surface area contributed by atoms with Crippen LogP contribution in [0.3, 0.4) is 0 Å². The van der Waals surface area contributed by atoms with Gasteiger partial charge in [0.05, 0.1) is 6.04 Å². The largest absolute Gasteiger partial charge is 0.349 e. The number of carbonyl (C=O) groups excluding carboxylic acids is 1. The third-order valence-corrected chi connectivity index (χ3v) is 9.87. The van der Waals surface area contributed by atoms with Gasteiger partial charge in [-0.05, 0) is 54.5 Å². The number of fused-ring (bicyclic) bond motifs is 1. The Hall–Kier alpha value is -1.06. The predicted molar refractivity (Wildman–Crippen MR) is 113 cm³/mol. The van der Waals surface area contributed by atoms with E-state index in [1.54, 1.807) is 29.3 Å². The summed E-state index contributed by atoms with van der Waals surface area (Å²) < 4.78 is 27.1. The van der Waals surface area contributed by atoms with Crippen molar-refractivity contribution in [2.75, 3.05) is 18.8 Å². The van der Waals surface area contributed by atoms with Crippen molar-refractivity contribution in [3.8, 4) is 0 Å². The molecule has 1 aromatic heterocycles. The van der Waals surface area contributed by atoms with E-state index in [1.165, 1.54) is 15.6 Å². The second-order valence-electron chi connectivity index (χ2n) is 6.99. The predicted octanol–water partition coefficient (Wildman–Crippen LogP) is 4.16. The molecule has 0 aliphatic carbocycles. The molecule has 0 bridgehead atoms. The normalized spacial score (nSPS) is 21.2. The second-order valence-corrected chi connectivity index (χ2v) is 11.7. The lowest BCUT2D eigenvalue weighted by atomic mass is 9.95. The van der Waals surface area contributed by atoms with Crippen LogP contribution in [0.15, 0.2) is 44.8 Å². The number of nitrogens with zero attached hydrogens (tertiary/aromatic N) is 1. The minimum atomic E-state index is -3.44. The Bertz CT molecular complexity index is 955. The molecule has 0 radical (unpaired) electrons. The Morgan fingerprint density at radius 2 is 1.96 bits per heavy atom. The smallest absolute Gasteiger partial charge is 0.252 e. The lowest BCUT2D eigenvalue weighted by Gasteiger charge is -2.32. The number of halogens is 1. The van der Waals surface area contributed by atoms with E-state index in [1.807, 2.05) is 18.2 Å². The molecule has 2 aliphatic rings. The lowest BCUT2D eigenvalue weighted by molar-refractivity contribution is -0.126. The molecule has 9 heteroatoms. The summed E-state index contributed by atoms with van der Waals surface area (Å²) in [6, 6.07) is 9.16. The van der Waals surface area contributed by atoms with Gasteiger partial charge in [0.25, 0.3) is 10.0 Å². The molecule has 3 heterocycles. The van der Waals surface area contributed by atoms with E-state index in [0.29, 0.717) is 35.2 Å². The molecule has 5 nitrogen and oxygen atoms in total. The molecule has 0 unspecified atom stereocenters. The van der Waals surface area contributed by atoms with Gasteiger partial charge in [-0.1, -0.05) is 17.7 Å². The van der Waals surface area contributed by atoms with Crippen molar-refractivity contribution < 1.29 is 13.2 Å². The van der Waals surface area contributed by atoms with Crippen LogP contribution in [0.2, 0.25) is 5.02 Å². The maximum absolute atomic E-state index is 12.8. The van der Waals surface area contributed by atoms with E-state index in [9.17, 15) is 13.2 Å². The molecular formula is C19H21ClN2O3S3. The molecule has 1 aromatic carbocycles. The number of thioether (sulfide) groups is 1. The summed E-state index contributed by atoms with van der Waals surface area (Å²) in [6.07, 6.45) is 1.95. The Balaban J connectivity index is 1.39. The van der Waals surface area contributed by atoms with E-state index in [-0.39, 0.29) is 17.9 Å². The highest BCUT2D eigenvalue weighted by molar-refractivity contribution is 7.99. The van der Waals surface area contributed by atoms with Gasteiger partial charge in [-0.15, -0.1) is 23.1 Å². The highest BCUT2D eigenvalue weighted by atomic mass is 35.5. The maximum Gasteiger partial charge on any atom is 0.252 e.